The number of ketones is 1. The van der Waals surface area contributed by atoms with Crippen LogP contribution in [0.2, 0.25) is 6.82 Å². The highest BCUT2D eigenvalue weighted by Gasteiger charge is 2.26. The van der Waals surface area contributed by atoms with Gasteiger partial charge in [-0.1, -0.05) is 6.08 Å². The third-order valence-corrected chi connectivity index (χ3v) is 6.01. The van der Waals surface area contributed by atoms with Gasteiger partial charge in [0, 0.05) is 69.5 Å². The van der Waals surface area contributed by atoms with Crippen LogP contribution in [0.15, 0.2) is 41.6 Å². The molecule has 0 atom stereocenters. The van der Waals surface area contributed by atoms with Gasteiger partial charge in [0.25, 0.3) is 0 Å². The largest absolute Gasteiger partial charge is 0.465 e. The summed E-state index contributed by atoms with van der Waals surface area (Å²) in [7, 11) is 0. The number of carbonyl (C=O) groups is 2. The lowest BCUT2D eigenvalue weighted by atomic mass is 9.83. The molecule has 3 rings (SSSR count). The van der Waals surface area contributed by atoms with Gasteiger partial charge in [-0.3, -0.25) is 14.5 Å². The van der Waals surface area contributed by atoms with E-state index in [4.69, 9.17) is 0 Å². The first-order valence-corrected chi connectivity index (χ1v) is 11.5. The highest BCUT2D eigenvalue weighted by molar-refractivity contribution is 6.63. The van der Waals surface area contributed by atoms with Gasteiger partial charge in [0.1, 0.15) is 0 Å². The Bertz CT molecular complexity index is 1030. The van der Waals surface area contributed by atoms with Crippen molar-refractivity contribution < 1.29 is 23.2 Å². The Morgan fingerprint density at radius 3 is 2.42 bits per heavy atom. The Labute approximate surface area is 194 Å². The molecular formula is C24H33BF2N4O2. The third kappa shape index (κ3) is 6.60. The minimum Gasteiger partial charge on any atom is -0.465 e. The van der Waals surface area contributed by atoms with Gasteiger partial charge >= 0.3 is 6.84 Å². The number of nitrogens with zero attached hydrogens (tertiary/aromatic N) is 3. The molecule has 0 aromatic carbocycles. The lowest BCUT2D eigenvalue weighted by Crippen LogP contribution is -2.67. The maximum absolute atomic E-state index is 14.6. The van der Waals surface area contributed by atoms with E-state index in [2.05, 4.69) is 9.89 Å². The van der Waals surface area contributed by atoms with Gasteiger partial charge in [-0.05, 0) is 44.2 Å². The molecule has 1 aromatic rings. The summed E-state index contributed by atoms with van der Waals surface area (Å²) in [5, 5.41) is 0. The molecule has 6 nitrogen and oxygen atoms in total. The average molecular weight is 458 g/mol. The molecule has 1 amide bonds. The maximum atomic E-state index is 14.6. The monoisotopic (exact) mass is 458 g/mol. The molecular weight excluding hydrogens is 425 g/mol. The molecule has 0 bridgehead atoms. The van der Waals surface area contributed by atoms with Crippen molar-refractivity contribution in [1.82, 2.24) is 14.3 Å². The smallest absolute Gasteiger partial charge is 0.411 e. The van der Waals surface area contributed by atoms with Gasteiger partial charge in [-0.2, -0.15) is 0 Å². The van der Waals surface area contributed by atoms with Crippen molar-refractivity contribution in [1.29, 1.82) is 0 Å². The summed E-state index contributed by atoms with van der Waals surface area (Å²) >= 11 is 0. The van der Waals surface area contributed by atoms with Crippen LogP contribution in [0.5, 0.6) is 0 Å². The van der Waals surface area contributed by atoms with E-state index >= 15 is 0 Å². The topological polar surface area (TPSA) is 59.5 Å². The summed E-state index contributed by atoms with van der Waals surface area (Å²) in [6.07, 6.45) is 7.58. The van der Waals surface area contributed by atoms with E-state index in [1.54, 1.807) is 29.2 Å². The van der Waals surface area contributed by atoms with Crippen LogP contribution in [-0.4, -0.2) is 71.2 Å². The lowest BCUT2D eigenvalue weighted by Gasteiger charge is -2.34. The third-order valence-electron chi connectivity index (χ3n) is 6.01. The molecule has 1 N–H and O–H groups in total. The molecule has 178 valence electrons. The van der Waals surface area contributed by atoms with Crippen LogP contribution in [0.3, 0.4) is 0 Å². The second kappa shape index (κ2) is 10.4. The summed E-state index contributed by atoms with van der Waals surface area (Å²) in [6, 6.07) is 3.39. The van der Waals surface area contributed by atoms with Crippen LogP contribution in [0.25, 0.3) is 6.08 Å². The average Bonchev–Trinajstić information content (AvgIpc) is 3.28. The van der Waals surface area contributed by atoms with E-state index in [1.165, 1.54) is 6.92 Å². The Morgan fingerprint density at radius 1 is 1.15 bits per heavy atom. The summed E-state index contributed by atoms with van der Waals surface area (Å²) in [5.41, 5.74) is 3.69. The van der Waals surface area contributed by atoms with Crippen molar-refractivity contribution in [3.63, 3.8) is 0 Å². The summed E-state index contributed by atoms with van der Waals surface area (Å²) in [5.74, 6) is 0.00136. The first kappa shape index (κ1) is 24.8. The number of allylic oxidation sites excluding steroid dienone is 3. The molecule has 9 heteroatoms. The van der Waals surface area contributed by atoms with Crippen molar-refractivity contribution in [3.05, 3.63) is 53.0 Å². The number of nitrogens with one attached hydrogen (secondary N) is 1. The summed E-state index contributed by atoms with van der Waals surface area (Å²) in [6.45, 7) is 5.88. The minimum atomic E-state index is -3.79. The van der Waals surface area contributed by atoms with Gasteiger partial charge in [-0.25, -0.2) is 4.99 Å². The van der Waals surface area contributed by atoms with Crippen LogP contribution in [-0.2, 0) is 16.0 Å². The number of carbonyl (C=O) groups excluding carboxylic acids is 2. The highest BCUT2D eigenvalue weighted by Crippen LogP contribution is 2.23. The van der Waals surface area contributed by atoms with Crippen LogP contribution >= 0.6 is 0 Å². The number of piperazine rings is 1. The first-order valence-electron chi connectivity index (χ1n) is 11.5. The number of rotatable bonds is 8. The molecule has 33 heavy (non-hydrogen) atoms. The van der Waals surface area contributed by atoms with E-state index < -0.39 is 6.84 Å². The Hall–Kier alpha value is -2.81. The predicted molar refractivity (Wildman–Crippen MR) is 128 cm³/mol. The fraction of sp³-hybridized carbons (Fsp3) is 0.458. The molecule has 0 aliphatic carbocycles. The molecule has 1 aromatic heterocycles. The molecule has 0 radical (unpaired) electrons. The van der Waals surface area contributed by atoms with Crippen molar-refractivity contribution >= 4 is 30.3 Å². The second-order valence-corrected chi connectivity index (χ2v) is 8.98. The van der Waals surface area contributed by atoms with Gasteiger partial charge < -0.3 is 18.0 Å². The zero-order valence-electron chi connectivity index (χ0n) is 19.9. The van der Waals surface area contributed by atoms with E-state index in [1.807, 2.05) is 26.0 Å². The van der Waals surface area contributed by atoms with E-state index in [0.717, 1.165) is 41.4 Å². The normalized spacial score (nSPS) is 18.8. The number of aromatic nitrogens is 1. The van der Waals surface area contributed by atoms with Gasteiger partial charge in [-0.15, -0.1) is 6.82 Å². The number of amides is 1. The van der Waals surface area contributed by atoms with Crippen LogP contribution in [0.4, 0.5) is 8.63 Å². The quantitative estimate of drug-likeness (QED) is 0.479. The SMILES string of the molecule is CC(=O)/C=C/CN1CCN(C(=O)CCc2ccc(/C=C3\[NH+]=C(C)C=C3C)n2[B-](C)(F)F)CC1. The fourth-order valence-electron chi connectivity index (χ4n) is 4.37. The van der Waals surface area contributed by atoms with Crippen molar-refractivity contribution in [3.8, 4) is 0 Å². The minimum absolute atomic E-state index is 0.0186. The molecule has 1 saturated heterocycles. The van der Waals surface area contributed by atoms with Gasteiger partial charge in [0.15, 0.2) is 11.5 Å². The molecule has 0 unspecified atom stereocenters. The molecule has 2 aliphatic heterocycles. The van der Waals surface area contributed by atoms with E-state index in [9.17, 15) is 18.2 Å². The van der Waals surface area contributed by atoms with Gasteiger partial charge in [0.2, 0.25) is 11.6 Å². The summed E-state index contributed by atoms with van der Waals surface area (Å²) in [4.78, 5) is 30.9. The van der Waals surface area contributed by atoms with E-state index in [-0.39, 0.29) is 24.5 Å². The number of halogens is 2. The van der Waals surface area contributed by atoms with Crippen LogP contribution in [0, 0.1) is 0 Å². The zero-order chi connectivity index (χ0) is 24.2. The standard InChI is InChI=1S/C24H32BF2N4O2/c1-18-16-19(2)28-23(18)17-22-8-7-21(31(22)25(4,26)27)9-10-24(33)30-14-12-29(13-15-30)11-5-6-20(3)32/h5-8,16-17H,9-15H2,1-4H3/q-1/p+1/b6-5+,23-17-. The second-order valence-electron chi connectivity index (χ2n) is 8.98. The van der Waals surface area contributed by atoms with Gasteiger partial charge in [0.05, 0.1) is 0 Å². The van der Waals surface area contributed by atoms with E-state index in [0.29, 0.717) is 31.0 Å². The molecule has 2 aliphatic rings. The van der Waals surface area contributed by atoms with Crippen LogP contribution in [0.1, 0.15) is 38.6 Å². The Morgan fingerprint density at radius 2 is 1.85 bits per heavy atom. The molecule has 0 spiro atoms. The van der Waals surface area contributed by atoms with Crippen LogP contribution < -0.4 is 4.99 Å². The highest BCUT2D eigenvalue weighted by atomic mass is 19.2. The number of aryl methyl sites for hydroxylation is 1. The molecule has 0 saturated carbocycles. The van der Waals surface area contributed by atoms with Crippen molar-refractivity contribution in [2.45, 2.75) is 40.4 Å². The number of hydrogen-bond donors (Lipinski definition) is 1. The lowest BCUT2D eigenvalue weighted by molar-refractivity contribution is -0.386. The Kier molecular flexibility index (Phi) is 7.84. The van der Waals surface area contributed by atoms with Crippen molar-refractivity contribution in [2.24, 2.45) is 0 Å². The number of hydrogen-bond acceptors (Lipinski definition) is 3. The molecule has 3 heterocycles. The maximum Gasteiger partial charge on any atom is 0.411 e. The molecule has 1 fully saturated rings. The first-order chi connectivity index (χ1) is 15.5. The predicted octanol–water partition coefficient (Wildman–Crippen LogP) is 1.91. The zero-order valence-corrected chi connectivity index (χ0v) is 19.9. The summed E-state index contributed by atoms with van der Waals surface area (Å²) < 4.78 is 30.2. The Balaban J connectivity index is 1.62. The fourth-order valence-corrected chi connectivity index (χ4v) is 4.37. The van der Waals surface area contributed by atoms with Crippen molar-refractivity contribution in [2.75, 3.05) is 32.7 Å².